The second-order valence-electron chi connectivity index (χ2n) is 3.24. The van der Waals surface area contributed by atoms with Gasteiger partial charge in [-0.15, -0.1) is 0 Å². The van der Waals surface area contributed by atoms with Crippen molar-refractivity contribution in [3.8, 4) is 0 Å². The predicted octanol–water partition coefficient (Wildman–Crippen LogP) is 0.745. The molecule has 1 radical (unpaired) electrons. The zero-order valence-electron chi connectivity index (χ0n) is 8.75. The maximum Gasteiger partial charge on any atom is 0.205 e. The fourth-order valence-electron chi connectivity index (χ4n) is 1.23. The van der Waals surface area contributed by atoms with Gasteiger partial charge in [0.1, 0.15) is 6.29 Å². The van der Waals surface area contributed by atoms with Crippen molar-refractivity contribution in [1.82, 2.24) is 0 Å². The SMILES string of the molecule is COCCC([C]=O)(CC=O)CCOC. The van der Waals surface area contributed by atoms with E-state index in [9.17, 15) is 9.59 Å². The molecule has 0 aromatic heterocycles. The molecule has 0 fully saturated rings. The molecule has 0 saturated heterocycles. The Bertz CT molecular complexity index is 160. The third kappa shape index (κ3) is 4.48. The lowest BCUT2D eigenvalue weighted by molar-refractivity contribution is -0.109. The first-order valence-electron chi connectivity index (χ1n) is 4.55. The van der Waals surface area contributed by atoms with Gasteiger partial charge in [0.2, 0.25) is 6.29 Å². The summed E-state index contributed by atoms with van der Waals surface area (Å²) in [4.78, 5) is 21.3. The van der Waals surface area contributed by atoms with Crippen LogP contribution >= 0.6 is 0 Å². The van der Waals surface area contributed by atoms with Crippen molar-refractivity contribution in [2.75, 3.05) is 27.4 Å². The molecule has 14 heavy (non-hydrogen) atoms. The van der Waals surface area contributed by atoms with E-state index in [2.05, 4.69) is 0 Å². The molecular formula is C10H17O4. The van der Waals surface area contributed by atoms with Gasteiger partial charge >= 0.3 is 0 Å². The Hall–Kier alpha value is -0.740. The Balaban J connectivity index is 4.25. The lowest BCUT2D eigenvalue weighted by Gasteiger charge is -2.23. The van der Waals surface area contributed by atoms with Crippen LogP contribution in [0, 0.1) is 5.41 Å². The van der Waals surface area contributed by atoms with Gasteiger partial charge in [0.05, 0.1) is 0 Å². The van der Waals surface area contributed by atoms with Crippen LogP contribution in [0.5, 0.6) is 0 Å². The summed E-state index contributed by atoms with van der Waals surface area (Å²) in [5.74, 6) is 0. The Kier molecular flexibility index (Phi) is 7.24. The monoisotopic (exact) mass is 201 g/mol. The highest BCUT2D eigenvalue weighted by Crippen LogP contribution is 2.27. The second-order valence-corrected chi connectivity index (χ2v) is 3.24. The first-order chi connectivity index (χ1) is 6.74. The fraction of sp³-hybridized carbons (Fsp3) is 0.800. The summed E-state index contributed by atoms with van der Waals surface area (Å²) in [6, 6.07) is 0. The number of ether oxygens (including phenoxy) is 2. The first-order valence-corrected chi connectivity index (χ1v) is 4.55. The first kappa shape index (κ1) is 13.3. The van der Waals surface area contributed by atoms with Crippen molar-refractivity contribution >= 4 is 12.6 Å². The summed E-state index contributed by atoms with van der Waals surface area (Å²) in [5, 5.41) is 0. The van der Waals surface area contributed by atoms with Gasteiger partial charge in [-0.3, -0.25) is 4.79 Å². The molecule has 0 aliphatic carbocycles. The molecule has 0 amide bonds. The molecule has 0 saturated carbocycles. The number of hydrogen-bond donors (Lipinski definition) is 0. The standard InChI is InChI=1S/C10H17O4/c1-13-7-4-10(9-12,3-6-11)5-8-14-2/h6H,3-5,7-8H2,1-2H3. The fourth-order valence-corrected chi connectivity index (χ4v) is 1.23. The molecule has 0 unspecified atom stereocenters. The molecule has 0 bridgehead atoms. The Labute approximate surface area is 84.6 Å². The average Bonchev–Trinajstić information content (AvgIpc) is 2.22. The van der Waals surface area contributed by atoms with E-state index in [1.165, 1.54) is 0 Å². The van der Waals surface area contributed by atoms with Crippen LogP contribution in [0.1, 0.15) is 19.3 Å². The smallest absolute Gasteiger partial charge is 0.205 e. The van der Waals surface area contributed by atoms with Crippen LogP contribution in [0.3, 0.4) is 0 Å². The Morgan fingerprint density at radius 3 is 2.00 bits per heavy atom. The second kappa shape index (κ2) is 7.64. The van der Waals surface area contributed by atoms with E-state index in [-0.39, 0.29) is 6.42 Å². The number of methoxy groups -OCH3 is 2. The molecule has 4 nitrogen and oxygen atoms in total. The van der Waals surface area contributed by atoms with Crippen molar-refractivity contribution in [3.05, 3.63) is 0 Å². The summed E-state index contributed by atoms with van der Waals surface area (Å²) in [6.07, 6.45) is 3.89. The van der Waals surface area contributed by atoms with Gasteiger partial charge in [-0.1, -0.05) is 0 Å². The van der Waals surface area contributed by atoms with E-state index >= 15 is 0 Å². The summed E-state index contributed by atoms with van der Waals surface area (Å²) in [7, 11) is 3.12. The number of aldehydes is 1. The van der Waals surface area contributed by atoms with Gasteiger partial charge in [0, 0.05) is 39.3 Å². The van der Waals surface area contributed by atoms with Gasteiger partial charge in [0.25, 0.3) is 0 Å². The summed E-state index contributed by atoms with van der Waals surface area (Å²) in [5.41, 5.74) is -0.728. The highest BCUT2D eigenvalue weighted by Gasteiger charge is 2.29. The number of carbonyl (C=O) groups is 1. The molecule has 0 N–H and O–H groups in total. The zero-order valence-corrected chi connectivity index (χ0v) is 8.75. The normalized spacial score (nSPS) is 11.3. The Morgan fingerprint density at radius 1 is 1.21 bits per heavy atom. The number of carbonyl (C=O) groups excluding carboxylic acids is 2. The largest absolute Gasteiger partial charge is 0.385 e. The number of hydrogen-bond acceptors (Lipinski definition) is 4. The van der Waals surface area contributed by atoms with E-state index < -0.39 is 5.41 Å². The van der Waals surface area contributed by atoms with E-state index in [1.807, 2.05) is 6.29 Å². The number of rotatable bonds is 9. The average molecular weight is 201 g/mol. The topological polar surface area (TPSA) is 52.6 Å². The van der Waals surface area contributed by atoms with Crippen LogP contribution in [0.4, 0.5) is 0 Å². The minimum Gasteiger partial charge on any atom is -0.385 e. The van der Waals surface area contributed by atoms with Gasteiger partial charge in [-0.05, 0) is 12.8 Å². The minimum absolute atomic E-state index is 0.184. The zero-order chi connectivity index (χ0) is 10.9. The van der Waals surface area contributed by atoms with Crippen LogP contribution < -0.4 is 0 Å². The molecule has 0 rings (SSSR count). The van der Waals surface area contributed by atoms with Gasteiger partial charge < -0.3 is 14.3 Å². The quantitative estimate of drug-likeness (QED) is 0.516. The maximum absolute atomic E-state index is 10.8. The van der Waals surface area contributed by atoms with Crippen molar-refractivity contribution < 1.29 is 19.1 Å². The van der Waals surface area contributed by atoms with Crippen LogP contribution in [0.2, 0.25) is 0 Å². The van der Waals surface area contributed by atoms with Crippen molar-refractivity contribution in [2.45, 2.75) is 19.3 Å². The molecule has 0 spiro atoms. The van der Waals surface area contributed by atoms with Gasteiger partial charge in [-0.2, -0.15) is 0 Å². The molecule has 4 heteroatoms. The molecular weight excluding hydrogens is 184 g/mol. The van der Waals surface area contributed by atoms with Crippen molar-refractivity contribution in [1.29, 1.82) is 0 Å². The summed E-state index contributed by atoms with van der Waals surface area (Å²) in [6.45, 7) is 0.902. The lowest BCUT2D eigenvalue weighted by atomic mass is 9.80. The highest BCUT2D eigenvalue weighted by atomic mass is 16.5. The van der Waals surface area contributed by atoms with Crippen LogP contribution in [-0.2, 0) is 19.1 Å². The minimum atomic E-state index is -0.728. The van der Waals surface area contributed by atoms with Crippen LogP contribution in [0.15, 0.2) is 0 Å². The highest BCUT2D eigenvalue weighted by molar-refractivity contribution is 5.67. The van der Waals surface area contributed by atoms with Crippen LogP contribution in [0.25, 0.3) is 0 Å². The predicted molar refractivity (Wildman–Crippen MR) is 51.8 cm³/mol. The summed E-state index contributed by atoms with van der Waals surface area (Å²) >= 11 is 0. The molecule has 0 aromatic carbocycles. The molecule has 0 aromatic rings. The Morgan fingerprint density at radius 2 is 1.71 bits per heavy atom. The molecule has 0 aliphatic rings. The maximum atomic E-state index is 10.8. The van der Waals surface area contributed by atoms with Gasteiger partial charge in [0.15, 0.2) is 0 Å². The van der Waals surface area contributed by atoms with E-state index in [0.29, 0.717) is 26.1 Å². The third-order valence-electron chi connectivity index (χ3n) is 2.26. The van der Waals surface area contributed by atoms with Gasteiger partial charge in [-0.25, -0.2) is 0 Å². The van der Waals surface area contributed by atoms with Crippen molar-refractivity contribution in [3.63, 3.8) is 0 Å². The van der Waals surface area contributed by atoms with E-state index in [1.54, 1.807) is 14.2 Å². The molecule has 81 valence electrons. The van der Waals surface area contributed by atoms with E-state index in [4.69, 9.17) is 9.47 Å². The third-order valence-corrected chi connectivity index (χ3v) is 2.26. The lowest BCUT2D eigenvalue weighted by Crippen LogP contribution is -2.27. The van der Waals surface area contributed by atoms with Crippen molar-refractivity contribution in [2.24, 2.45) is 5.41 Å². The van der Waals surface area contributed by atoms with E-state index in [0.717, 1.165) is 6.29 Å². The van der Waals surface area contributed by atoms with Crippen LogP contribution in [-0.4, -0.2) is 40.0 Å². The summed E-state index contributed by atoms with van der Waals surface area (Å²) < 4.78 is 9.78. The molecule has 0 atom stereocenters. The molecule has 0 heterocycles. The molecule has 0 aliphatic heterocycles.